The summed E-state index contributed by atoms with van der Waals surface area (Å²) in [6, 6.07) is 4.13. The average Bonchev–Trinajstić information content (AvgIpc) is 2.37. The van der Waals surface area contributed by atoms with Gasteiger partial charge in [0.25, 0.3) is 11.6 Å². The van der Waals surface area contributed by atoms with Crippen molar-refractivity contribution < 1.29 is 9.72 Å². The Hall–Kier alpha value is -1.33. The zero-order valence-electron chi connectivity index (χ0n) is 10.4. The summed E-state index contributed by atoms with van der Waals surface area (Å²) in [5.74, 6) is -0.558. The third-order valence-electron chi connectivity index (χ3n) is 2.60. The van der Waals surface area contributed by atoms with Gasteiger partial charge in [-0.15, -0.1) is 11.6 Å². The topological polar surface area (TPSA) is 72.2 Å². The number of hydrogen-bond acceptors (Lipinski definition) is 3. The largest absolute Gasteiger partial charge is 0.352 e. The molecule has 7 heteroatoms. The van der Waals surface area contributed by atoms with E-state index < -0.39 is 10.8 Å². The van der Waals surface area contributed by atoms with Crippen LogP contribution < -0.4 is 5.32 Å². The maximum atomic E-state index is 11.9. The molecule has 1 N–H and O–H groups in total. The number of carbonyl (C=O) groups is 1. The second kappa shape index (κ2) is 7.31. The van der Waals surface area contributed by atoms with Crippen molar-refractivity contribution in [3.63, 3.8) is 0 Å². The van der Waals surface area contributed by atoms with Gasteiger partial charge in [0.1, 0.15) is 5.56 Å². The minimum Gasteiger partial charge on any atom is -0.352 e. The van der Waals surface area contributed by atoms with Crippen LogP contribution in [0.15, 0.2) is 18.2 Å². The molecule has 0 fully saturated rings. The molecule has 1 rings (SSSR count). The highest BCUT2D eigenvalue weighted by Gasteiger charge is 2.22. The van der Waals surface area contributed by atoms with Gasteiger partial charge < -0.3 is 5.32 Å². The van der Waals surface area contributed by atoms with Crippen LogP contribution in [0.2, 0.25) is 5.02 Å². The number of halogens is 2. The maximum Gasteiger partial charge on any atom is 0.283 e. The summed E-state index contributed by atoms with van der Waals surface area (Å²) in [6.07, 6.45) is 1.39. The first-order valence-corrected chi connectivity index (χ1v) is 6.64. The first-order valence-electron chi connectivity index (χ1n) is 5.82. The quantitative estimate of drug-likeness (QED) is 0.497. The molecular formula is C12H14Cl2N2O3. The number of hydrogen-bond donors (Lipinski definition) is 1. The lowest BCUT2D eigenvalue weighted by molar-refractivity contribution is -0.385. The number of carbonyl (C=O) groups excluding carboxylic acids is 1. The van der Waals surface area contributed by atoms with E-state index in [1.807, 2.05) is 6.92 Å². The van der Waals surface area contributed by atoms with Gasteiger partial charge in [0.05, 0.1) is 9.95 Å². The monoisotopic (exact) mass is 304 g/mol. The molecule has 0 bridgehead atoms. The van der Waals surface area contributed by atoms with Gasteiger partial charge in [0.2, 0.25) is 0 Å². The predicted octanol–water partition coefficient (Wildman–Crippen LogP) is 3.39. The fourth-order valence-corrected chi connectivity index (χ4v) is 1.89. The highest BCUT2D eigenvalue weighted by atomic mass is 35.5. The van der Waals surface area contributed by atoms with Gasteiger partial charge in [-0.3, -0.25) is 14.9 Å². The zero-order valence-corrected chi connectivity index (χ0v) is 11.9. The summed E-state index contributed by atoms with van der Waals surface area (Å²) in [4.78, 5) is 22.1. The van der Waals surface area contributed by atoms with Gasteiger partial charge in [-0.05, 0) is 18.9 Å². The minimum absolute atomic E-state index is 0.0264. The summed E-state index contributed by atoms with van der Waals surface area (Å²) < 4.78 is 0. The molecule has 104 valence electrons. The van der Waals surface area contributed by atoms with E-state index in [2.05, 4.69) is 5.32 Å². The van der Waals surface area contributed by atoms with E-state index in [0.29, 0.717) is 13.0 Å². The lowest BCUT2D eigenvalue weighted by atomic mass is 10.1. The minimum atomic E-state index is -0.628. The van der Waals surface area contributed by atoms with Crippen LogP contribution in [0.5, 0.6) is 0 Å². The molecule has 0 aliphatic rings. The number of nitro benzene ring substituents is 1. The van der Waals surface area contributed by atoms with Crippen molar-refractivity contribution in [3.8, 4) is 0 Å². The van der Waals surface area contributed by atoms with Crippen LogP contribution in [-0.4, -0.2) is 22.8 Å². The molecule has 0 spiro atoms. The van der Waals surface area contributed by atoms with Crippen molar-refractivity contribution >= 4 is 34.8 Å². The van der Waals surface area contributed by atoms with Crippen molar-refractivity contribution in [2.45, 2.75) is 25.1 Å². The highest BCUT2D eigenvalue weighted by molar-refractivity contribution is 6.34. The van der Waals surface area contributed by atoms with Crippen LogP contribution in [0, 0.1) is 10.1 Å². The fourth-order valence-electron chi connectivity index (χ4n) is 1.52. The van der Waals surface area contributed by atoms with Gasteiger partial charge in [0, 0.05) is 18.0 Å². The van der Waals surface area contributed by atoms with E-state index in [4.69, 9.17) is 23.2 Å². The van der Waals surface area contributed by atoms with E-state index in [0.717, 1.165) is 6.42 Å². The van der Waals surface area contributed by atoms with Crippen molar-refractivity contribution in [1.82, 2.24) is 5.32 Å². The standard InChI is InChI=1S/C12H14Cl2N2O3/c1-2-8(13)6-7-15-12(17)11-9(14)4-3-5-10(11)16(18)19/h3-5,8H,2,6-7H2,1H3,(H,15,17). The van der Waals surface area contributed by atoms with Gasteiger partial charge in [-0.25, -0.2) is 0 Å². The molecule has 1 atom stereocenters. The van der Waals surface area contributed by atoms with E-state index in [1.165, 1.54) is 18.2 Å². The molecule has 0 radical (unpaired) electrons. The van der Waals surface area contributed by atoms with Crippen molar-refractivity contribution in [2.75, 3.05) is 6.54 Å². The van der Waals surface area contributed by atoms with Crippen LogP contribution in [-0.2, 0) is 0 Å². The Morgan fingerprint density at radius 3 is 2.79 bits per heavy atom. The Morgan fingerprint density at radius 2 is 2.21 bits per heavy atom. The third-order valence-corrected chi connectivity index (χ3v) is 3.44. The smallest absolute Gasteiger partial charge is 0.283 e. The number of nitrogens with one attached hydrogen (secondary N) is 1. The average molecular weight is 305 g/mol. The number of amides is 1. The molecule has 1 amide bonds. The summed E-state index contributed by atoms with van der Waals surface area (Å²) in [7, 11) is 0. The Morgan fingerprint density at radius 1 is 1.53 bits per heavy atom. The molecular weight excluding hydrogens is 291 g/mol. The number of nitrogens with zero attached hydrogens (tertiary/aromatic N) is 1. The van der Waals surface area contributed by atoms with Crippen molar-refractivity contribution in [2.24, 2.45) is 0 Å². The molecule has 1 aromatic rings. The number of rotatable bonds is 6. The lowest BCUT2D eigenvalue weighted by Crippen LogP contribution is -2.27. The second-order valence-electron chi connectivity index (χ2n) is 3.94. The molecule has 5 nitrogen and oxygen atoms in total. The summed E-state index contributed by atoms with van der Waals surface area (Å²) >= 11 is 11.8. The van der Waals surface area contributed by atoms with E-state index >= 15 is 0 Å². The second-order valence-corrected chi connectivity index (χ2v) is 4.97. The van der Waals surface area contributed by atoms with Crippen LogP contribution in [0.1, 0.15) is 30.1 Å². The van der Waals surface area contributed by atoms with Crippen LogP contribution in [0.4, 0.5) is 5.69 Å². The van der Waals surface area contributed by atoms with E-state index in [9.17, 15) is 14.9 Å². The summed E-state index contributed by atoms with van der Waals surface area (Å²) in [6.45, 7) is 2.29. The maximum absolute atomic E-state index is 11.9. The number of benzene rings is 1. The molecule has 1 unspecified atom stereocenters. The molecule has 0 saturated heterocycles. The predicted molar refractivity (Wildman–Crippen MR) is 75.0 cm³/mol. The highest BCUT2D eigenvalue weighted by Crippen LogP contribution is 2.25. The normalized spacial score (nSPS) is 11.9. The molecule has 0 aliphatic heterocycles. The fraction of sp³-hybridized carbons (Fsp3) is 0.417. The Labute approximate surface area is 121 Å². The molecule has 0 aliphatic carbocycles. The van der Waals surface area contributed by atoms with Crippen LogP contribution in [0.25, 0.3) is 0 Å². The Kier molecular flexibility index (Phi) is 6.05. The van der Waals surface area contributed by atoms with Gasteiger partial charge in [-0.2, -0.15) is 0 Å². The summed E-state index contributed by atoms with van der Waals surface area (Å²) in [5.41, 5.74) is -0.417. The molecule has 0 aromatic heterocycles. The SMILES string of the molecule is CCC(Cl)CCNC(=O)c1c(Cl)cccc1[N+](=O)[O-]. The molecule has 0 saturated carbocycles. The summed E-state index contributed by atoms with van der Waals surface area (Å²) in [5, 5.41) is 13.5. The number of nitro groups is 1. The first kappa shape index (κ1) is 15.7. The van der Waals surface area contributed by atoms with Gasteiger partial charge in [-0.1, -0.05) is 24.6 Å². The molecule has 0 heterocycles. The zero-order chi connectivity index (χ0) is 14.4. The molecule has 1 aromatic carbocycles. The Bertz CT molecular complexity index is 480. The van der Waals surface area contributed by atoms with Crippen molar-refractivity contribution in [3.05, 3.63) is 38.9 Å². The third kappa shape index (κ3) is 4.36. The van der Waals surface area contributed by atoms with E-state index in [1.54, 1.807) is 0 Å². The van der Waals surface area contributed by atoms with Crippen LogP contribution >= 0.6 is 23.2 Å². The first-order chi connectivity index (χ1) is 8.97. The van der Waals surface area contributed by atoms with Gasteiger partial charge >= 0.3 is 0 Å². The molecule has 19 heavy (non-hydrogen) atoms. The lowest BCUT2D eigenvalue weighted by Gasteiger charge is -2.09. The Balaban J connectivity index is 2.79. The van der Waals surface area contributed by atoms with Crippen LogP contribution in [0.3, 0.4) is 0 Å². The van der Waals surface area contributed by atoms with Gasteiger partial charge in [0.15, 0.2) is 0 Å². The number of alkyl halides is 1. The van der Waals surface area contributed by atoms with E-state index in [-0.39, 0.29) is 21.7 Å². The van der Waals surface area contributed by atoms with Crippen molar-refractivity contribution in [1.29, 1.82) is 0 Å².